The highest BCUT2D eigenvalue weighted by Crippen LogP contribution is 2.22. The topological polar surface area (TPSA) is 87.8 Å². The van der Waals surface area contributed by atoms with E-state index in [-0.39, 0.29) is 23.0 Å². The van der Waals surface area contributed by atoms with E-state index in [1.165, 1.54) is 6.07 Å². The molecule has 116 valence electrons. The Balaban J connectivity index is 2.02. The monoisotopic (exact) mass is 297 g/mol. The molecule has 1 saturated heterocycles. The minimum Gasteiger partial charge on any atom is -0.478 e. The van der Waals surface area contributed by atoms with Gasteiger partial charge in [0.15, 0.2) is 0 Å². The summed E-state index contributed by atoms with van der Waals surface area (Å²) in [5.41, 5.74) is 5.41. The zero-order valence-electron chi connectivity index (χ0n) is 11.9. The fraction of sp³-hybridized carbons (Fsp3) is 0.500. The van der Waals surface area contributed by atoms with Gasteiger partial charge in [-0.1, -0.05) is 6.92 Å². The van der Waals surface area contributed by atoms with Crippen molar-refractivity contribution in [1.29, 1.82) is 0 Å². The van der Waals surface area contributed by atoms with Crippen molar-refractivity contribution in [3.05, 3.63) is 23.5 Å². The maximum absolute atomic E-state index is 13.8. The third-order valence-corrected chi connectivity index (χ3v) is 3.56. The van der Waals surface area contributed by atoms with E-state index >= 15 is 0 Å². The molecule has 1 aromatic rings. The molecule has 1 aliphatic heterocycles. The molecular formula is C14H20FN3O3. The number of morpholine rings is 1. The van der Waals surface area contributed by atoms with Crippen LogP contribution in [-0.4, -0.2) is 54.9 Å². The summed E-state index contributed by atoms with van der Waals surface area (Å²) in [6, 6.07) is 2.24. The number of hydrogen-bond acceptors (Lipinski definition) is 5. The molecule has 1 fully saturated rings. The summed E-state index contributed by atoms with van der Waals surface area (Å²) in [7, 11) is 0. The number of carboxylic acids is 1. The number of hydrogen-bond donors (Lipinski definition) is 3. The molecule has 1 heterocycles. The normalized spacial score (nSPS) is 19.4. The Labute approximate surface area is 122 Å². The van der Waals surface area contributed by atoms with Gasteiger partial charge in [0, 0.05) is 25.3 Å². The zero-order chi connectivity index (χ0) is 15.4. The third-order valence-electron chi connectivity index (χ3n) is 3.56. The van der Waals surface area contributed by atoms with Crippen LogP contribution in [-0.2, 0) is 4.74 Å². The van der Waals surface area contributed by atoms with Crippen LogP contribution in [0.25, 0.3) is 0 Å². The molecule has 1 aromatic carbocycles. The van der Waals surface area contributed by atoms with Crippen molar-refractivity contribution in [2.45, 2.75) is 13.0 Å². The van der Waals surface area contributed by atoms with Crippen molar-refractivity contribution in [1.82, 2.24) is 4.90 Å². The van der Waals surface area contributed by atoms with E-state index in [4.69, 9.17) is 15.6 Å². The molecule has 6 nitrogen and oxygen atoms in total. The first-order chi connectivity index (χ1) is 10.0. The summed E-state index contributed by atoms with van der Waals surface area (Å²) in [4.78, 5) is 13.3. The Morgan fingerprint density at radius 1 is 1.62 bits per heavy atom. The van der Waals surface area contributed by atoms with Crippen molar-refractivity contribution >= 4 is 17.3 Å². The lowest BCUT2D eigenvalue weighted by molar-refractivity contribution is -0.0192. The lowest BCUT2D eigenvalue weighted by atomic mass is 10.1. The summed E-state index contributed by atoms with van der Waals surface area (Å²) in [6.07, 6.45) is -0.0519. The minimum atomic E-state index is -1.18. The molecule has 21 heavy (non-hydrogen) atoms. The van der Waals surface area contributed by atoms with Gasteiger partial charge in [-0.05, 0) is 18.7 Å². The number of benzene rings is 1. The number of nitrogens with one attached hydrogen (secondary N) is 1. The predicted molar refractivity (Wildman–Crippen MR) is 78.1 cm³/mol. The molecule has 1 unspecified atom stereocenters. The summed E-state index contributed by atoms with van der Waals surface area (Å²) in [5.74, 6) is -1.75. The van der Waals surface area contributed by atoms with E-state index < -0.39 is 11.8 Å². The molecule has 0 aliphatic carbocycles. The van der Waals surface area contributed by atoms with Crippen molar-refractivity contribution in [2.24, 2.45) is 0 Å². The van der Waals surface area contributed by atoms with Gasteiger partial charge in [-0.15, -0.1) is 0 Å². The number of nitrogens with two attached hydrogens (primary N) is 1. The van der Waals surface area contributed by atoms with Gasteiger partial charge in [0.1, 0.15) is 5.82 Å². The maximum atomic E-state index is 13.8. The highest BCUT2D eigenvalue weighted by atomic mass is 19.1. The number of carboxylic acid groups (broad SMARTS) is 1. The summed E-state index contributed by atoms with van der Waals surface area (Å²) in [6.45, 7) is 5.74. The number of likely N-dealkylation sites (N-methyl/N-ethyl adjacent to an activating group) is 1. The molecule has 2 rings (SSSR count). The predicted octanol–water partition coefficient (Wildman–Crippen LogP) is 1.24. The van der Waals surface area contributed by atoms with Gasteiger partial charge in [0.25, 0.3) is 0 Å². The first-order valence-corrected chi connectivity index (χ1v) is 6.91. The number of anilines is 2. The molecule has 0 aromatic heterocycles. The molecule has 1 aliphatic rings. The zero-order valence-corrected chi connectivity index (χ0v) is 11.9. The van der Waals surface area contributed by atoms with Crippen LogP contribution in [0, 0.1) is 5.82 Å². The van der Waals surface area contributed by atoms with Crippen LogP contribution < -0.4 is 11.1 Å². The van der Waals surface area contributed by atoms with E-state index in [0.717, 1.165) is 25.7 Å². The van der Waals surface area contributed by atoms with Crippen LogP contribution in [0.15, 0.2) is 12.1 Å². The van der Waals surface area contributed by atoms with Gasteiger partial charge in [0.05, 0.1) is 24.0 Å². The van der Waals surface area contributed by atoms with Crippen molar-refractivity contribution in [2.75, 3.05) is 43.8 Å². The fourth-order valence-corrected chi connectivity index (χ4v) is 2.32. The number of carbonyl (C=O) groups is 1. The number of nitrogens with zero attached hydrogens (tertiary/aromatic N) is 1. The van der Waals surface area contributed by atoms with Gasteiger partial charge in [-0.2, -0.15) is 0 Å². The summed E-state index contributed by atoms with van der Waals surface area (Å²) < 4.78 is 19.4. The molecule has 1 atom stereocenters. The van der Waals surface area contributed by atoms with E-state index in [1.54, 1.807) is 0 Å². The van der Waals surface area contributed by atoms with E-state index in [0.29, 0.717) is 13.2 Å². The molecule has 0 amide bonds. The van der Waals surface area contributed by atoms with Crippen molar-refractivity contribution in [3.8, 4) is 0 Å². The van der Waals surface area contributed by atoms with Gasteiger partial charge < -0.3 is 20.9 Å². The smallest absolute Gasteiger partial charge is 0.337 e. The lowest BCUT2D eigenvalue weighted by Crippen LogP contribution is -2.45. The second kappa shape index (κ2) is 6.73. The van der Waals surface area contributed by atoms with Crippen LogP contribution in [0.1, 0.15) is 17.3 Å². The number of nitrogen functional groups attached to an aromatic ring is 1. The average molecular weight is 297 g/mol. The fourth-order valence-electron chi connectivity index (χ4n) is 2.32. The minimum absolute atomic E-state index is 0.0519. The summed E-state index contributed by atoms with van der Waals surface area (Å²) >= 11 is 0. The van der Waals surface area contributed by atoms with E-state index in [1.807, 2.05) is 0 Å². The third kappa shape index (κ3) is 3.83. The Morgan fingerprint density at radius 3 is 3.05 bits per heavy atom. The van der Waals surface area contributed by atoms with Crippen LogP contribution >= 0.6 is 0 Å². The quantitative estimate of drug-likeness (QED) is 0.709. The number of halogens is 1. The van der Waals surface area contributed by atoms with E-state index in [2.05, 4.69) is 17.1 Å². The first-order valence-electron chi connectivity index (χ1n) is 6.91. The number of aromatic carboxylic acids is 1. The Kier molecular flexibility index (Phi) is 4.98. The average Bonchev–Trinajstić information content (AvgIpc) is 2.46. The standard InChI is InChI=1S/C14H20FN3O3/c1-2-18-3-4-21-9(8-18)7-17-13-5-10(14(19)20)12(16)6-11(13)15/h5-6,9,17H,2-4,7-8,16H2,1H3,(H,19,20). The molecule has 4 N–H and O–H groups in total. The Bertz CT molecular complexity index is 524. The molecule has 0 radical (unpaired) electrons. The highest BCUT2D eigenvalue weighted by molar-refractivity contribution is 5.94. The second-order valence-electron chi connectivity index (χ2n) is 4.99. The number of ether oxygens (including phenoxy) is 1. The molecule has 7 heteroatoms. The lowest BCUT2D eigenvalue weighted by Gasteiger charge is -2.32. The Hall–Kier alpha value is -1.86. The van der Waals surface area contributed by atoms with Crippen molar-refractivity contribution in [3.63, 3.8) is 0 Å². The van der Waals surface area contributed by atoms with Gasteiger partial charge in [0.2, 0.25) is 0 Å². The Morgan fingerprint density at radius 2 is 2.38 bits per heavy atom. The largest absolute Gasteiger partial charge is 0.478 e. The molecule has 0 spiro atoms. The van der Waals surface area contributed by atoms with Gasteiger partial charge >= 0.3 is 5.97 Å². The molecule has 0 bridgehead atoms. The number of rotatable bonds is 5. The highest BCUT2D eigenvalue weighted by Gasteiger charge is 2.20. The van der Waals surface area contributed by atoms with Crippen LogP contribution in [0.2, 0.25) is 0 Å². The van der Waals surface area contributed by atoms with Crippen LogP contribution in [0.5, 0.6) is 0 Å². The SMILES string of the molecule is CCN1CCOC(CNc2cc(C(=O)O)c(N)cc2F)C1. The second-order valence-corrected chi connectivity index (χ2v) is 4.99. The van der Waals surface area contributed by atoms with Crippen LogP contribution in [0.3, 0.4) is 0 Å². The molecular weight excluding hydrogens is 277 g/mol. The first kappa shape index (κ1) is 15.5. The van der Waals surface area contributed by atoms with Crippen molar-refractivity contribution < 1.29 is 19.0 Å². The van der Waals surface area contributed by atoms with Gasteiger partial charge in [-0.3, -0.25) is 4.90 Å². The summed E-state index contributed by atoms with van der Waals surface area (Å²) in [5, 5.41) is 11.9. The van der Waals surface area contributed by atoms with Gasteiger partial charge in [-0.25, -0.2) is 9.18 Å². The van der Waals surface area contributed by atoms with Crippen LogP contribution in [0.4, 0.5) is 15.8 Å². The maximum Gasteiger partial charge on any atom is 0.337 e. The van der Waals surface area contributed by atoms with E-state index in [9.17, 15) is 9.18 Å². The molecule has 0 saturated carbocycles.